The fourth-order valence-electron chi connectivity index (χ4n) is 2.78. The van der Waals surface area contributed by atoms with E-state index in [0.29, 0.717) is 24.9 Å². The monoisotopic (exact) mass is 365 g/mol. The van der Waals surface area contributed by atoms with Crippen LogP contribution in [-0.2, 0) is 11.3 Å². The van der Waals surface area contributed by atoms with E-state index < -0.39 is 0 Å². The van der Waals surface area contributed by atoms with Gasteiger partial charge in [-0.2, -0.15) is 0 Å². The second kappa shape index (κ2) is 7.96. The quantitative estimate of drug-likeness (QED) is 0.738. The van der Waals surface area contributed by atoms with Gasteiger partial charge < -0.3 is 19.5 Å². The Hall–Kier alpha value is -3.26. The van der Waals surface area contributed by atoms with Crippen LogP contribution in [0.15, 0.2) is 53.2 Å². The van der Waals surface area contributed by atoms with Gasteiger partial charge >= 0.3 is 0 Å². The third-order valence-electron chi connectivity index (χ3n) is 4.23. The SMILES string of the molecule is O=C(NCc1ccnc(N2CCOCC2)n1)c1cc(-c2ccccc2)on1. The smallest absolute Gasteiger partial charge is 0.273 e. The van der Waals surface area contributed by atoms with Crippen molar-refractivity contribution in [2.45, 2.75) is 6.54 Å². The third kappa shape index (κ3) is 4.12. The second-order valence-electron chi connectivity index (χ2n) is 6.07. The maximum Gasteiger partial charge on any atom is 0.273 e. The Kier molecular flexibility index (Phi) is 5.06. The molecule has 138 valence electrons. The fraction of sp³-hybridized carbons (Fsp3) is 0.263. The van der Waals surface area contributed by atoms with Gasteiger partial charge in [0, 0.05) is 30.9 Å². The fourth-order valence-corrected chi connectivity index (χ4v) is 2.78. The molecule has 3 heterocycles. The van der Waals surface area contributed by atoms with E-state index >= 15 is 0 Å². The van der Waals surface area contributed by atoms with Crippen molar-refractivity contribution < 1.29 is 14.1 Å². The molecule has 0 bridgehead atoms. The van der Waals surface area contributed by atoms with Crippen LogP contribution in [0.25, 0.3) is 11.3 Å². The summed E-state index contributed by atoms with van der Waals surface area (Å²) in [6.07, 6.45) is 1.70. The minimum absolute atomic E-state index is 0.233. The van der Waals surface area contributed by atoms with E-state index in [0.717, 1.165) is 24.3 Å². The Balaban J connectivity index is 1.39. The topological polar surface area (TPSA) is 93.4 Å². The molecule has 27 heavy (non-hydrogen) atoms. The number of amides is 1. The first-order valence-electron chi connectivity index (χ1n) is 8.74. The lowest BCUT2D eigenvalue weighted by molar-refractivity contribution is 0.0941. The lowest BCUT2D eigenvalue weighted by atomic mass is 10.1. The van der Waals surface area contributed by atoms with Crippen molar-refractivity contribution in [3.05, 3.63) is 60.0 Å². The number of carbonyl (C=O) groups excluding carboxylic acids is 1. The second-order valence-corrected chi connectivity index (χ2v) is 6.07. The lowest BCUT2D eigenvalue weighted by Crippen LogP contribution is -2.37. The number of benzene rings is 1. The van der Waals surface area contributed by atoms with Crippen LogP contribution in [0, 0.1) is 0 Å². The molecule has 0 aliphatic carbocycles. The van der Waals surface area contributed by atoms with Gasteiger partial charge in [0.05, 0.1) is 25.5 Å². The molecule has 1 aliphatic heterocycles. The minimum atomic E-state index is -0.313. The van der Waals surface area contributed by atoms with E-state index in [1.807, 2.05) is 30.3 Å². The van der Waals surface area contributed by atoms with E-state index in [1.165, 1.54) is 0 Å². The summed E-state index contributed by atoms with van der Waals surface area (Å²) in [5.41, 5.74) is 1.83. The molecule has 4 rings (SSSR count). The summed E-state index contributed by atoms with van der Waals surface area (Å²) in [6.45, 7) is 3.14. The molecule has 0 unspecified atom stereocenters. The summed E-state index contributed by atoms with van der Waals surface area (Å²) in [7, 11) is 0. The van der Waals surface area contributed by atoms with E-state index in [2.05, 4.69) is 25.3 Å². The Morgan fingerprint density at radius 3 is 2.78 bits per heavy atom. The molecular weight excluding hydrogens is 346 g/mol. The van der Waals surface area contributed by atoms with Crippen LogP contribution in [0.2, 0.25) is 0 Å². The molecule has 1 aromatic carbocycles. The van der Waals surface area contributed by atoms with Crippen molar-refractivity contribution >= 4 is 11.9 Å². The Morgan fingerprint density at radius 1 is 1.15 bits per heavy atom. The first-order chi connectivity index (χ1) is 13.3. The van der Waals surface area contributed by atoms with E-state index in [9.17, 15) is 4.79 Å². The van der Waals surface area contributed by atoms with E-state index in [1.54, 1.807) is 18.3 Å². The van der Waals surface area contributed by atoms with Crippen molar-refractivity contribution in [2.75, 3.05) is 31.2 Å². The van der Waals surface area contributed by atoms with Gasteiger partial charge in [-0.3, -0.25) is 4.79 Å². The van der Waals surface area contributed by atoms with Gasteiger partial charge in [0.1, 0.15) is 0 Å². The van der Waals surface area contributed by atoms with Crippen LogP contribution in [-0.4, -0.2) is 47.3 Å². The number of nitrogens with zero attached hydrogens (tertiary/aromatic N) is 4. The average Bonchev–Trinajstić information content (AvgIpc) is 3.24. The maximum absolute atomic E-state index is 12.3. The Morgan fingerprint density at radius 2 is 1.96 bits per heavy atom. The summed E-state index contributed by atoms with van der Waals surface area (Å²) in [5.74, 6) is 0.891. The summed E-state index contributed by atoms with van der Waals surface area (Å²) in [5, 5.41) is 6.67. The van der Waals surface area contributed by atoms with Gasteiger partial charge in [0.2, 0.25) is 5.95 Å². The molecule has 8 nitrogen and oxygen atoms in total. The number of morpholine rings is 1. The zero-order valence-corrected chi connectivity index (χ0v) is 14.7. The number of rotatable bonds is 5. The molecule has 0 atom stereocenters. The molecule has 0 spiro atoms. The maximum atomic E-state index is 12.3. The molecular formula is C19H19N5O3. The zero-order chi connectivity index (χ0) is 18.5. The predicted molar refractivity (Wildman–Crippen MR) is 98.2 cm³/mol. The predicted octanol–water partition coefficient (Wildman–Crippen LogP) is 1.90. The number of carbonyl (C=O) groups is 1. The Labute approximate surface area is 156 Å². The van der Waals surface area contributed by atoms with Crippen molar-refractivity contribution in [3.8, 4) is 11.3 Å². The van der Waals surface area contributed by atoms with Gasteiger partial charge in [0.25, 0.3) is 5.91 Å². The Bertz CT molecular complexity index is 906. The minimum Gasteiger partial charge on any atom is -0.378 e. The van der Waals surface area contributed by atoms with Crippen LogP contribution in [0.3, 0.4) is 0 Å². The molecule has 2 aromatic heterocycles. The molecule has 1 amide bonds. The van der Waals surface area contributed by atoms with Gasteiger partial charge in [0.15, 0.2) is 11.5 Å². The molecule has 1 saturated heterocycles. The van der Waals surface area contributed by atoms with Gasteiger partial charge in [-0.05, 0) is 6.07 Å². The molecule has 3 aromatic rings. The largest absolute Gasteiger partial charge is 0.378 e. The van der Waals surface area contributed by atoms with Crippen molar-refractivity contribution in [2.24, 2.45) is 0 Å². The number of hydrogen-bond acceptors (Lipinski definition) is 7. The van der Waals surface area contributed by atoms with E-state index in [-0.39, 0.29) is 18.1 Å². The number of anilines is 1. The van der Waals surface area contributed by atoms with Gasteiger partial charge in [-0.25, -0.2) is 9.97 Å². The standard InChI is InChI=1S/C19H19N5O3/c25-18(16-12-17(27-23-16)14-4-2-1-3-5-14)21-13-15-6-7-20-19(22-15)24-8-10-26-11-9-24/h1-7,12H,8-11,13H2,(H,21,25). The highest BCUT2D eigenvalue weighted by molar-refractivity contribution is 5.93. The van der Waals surface area contributed by atoms with E-state index in [4.69, 9.17) is 9.26 Å². The van der Waals surface area contributed by atoms with Crippen LogP contribution in [0.5, 0.6) is 0 Å². The number of nitrogens with one attached hydrogen (secondary N) is 1. The molecule has 1 N–H and O–H groups in total. The molecule has 0 radical (unpaired) electrons. The van der Waals surface area contributed by atoms with Crippen molar-refractivity contribution in [3.63, 3.8) is 0 Å². The summed E-state index contributed by atoms with van der Waals surface area (Å²) in [6, 6.07) is 12.9. The highest BCUT2D eigenvalue weighted by Crippen LogP contribution is 2.19. The number of hydrogen-bond donors (Lipinski definition) is 1. The van der Waals surface area contributed by atoms with Crippen LogP contribution >= 0.6 is 0 Å². The van der Waals surface area contributed by atoms with Crippen LogP contribution in [0.1, 0.15) is 16.2 Å². The summed E-state index contributed by atoms with van der Waals surface area (Å²) < 4.78 is 10.6. The normalized spacial score (nSPS) is 14.1. The summed E-state index contributed by atoms with van der Waals surface area (Å²) in [4.78, 5) is 23.2. The first kappa shape index (κ1) is 17.2. The van der Waals surface area contributed by atoms with Crippen molar-refractivity contribution in [1.29, 1.82) is 0 Å². The van der Waals surface area contributed by atoms with Crippen LogP contribution in [0.4, 0.5) is 5.95 Å². The molecule has 8 heteroatoms. The van der Waals surface area contributed by atoms with Crippen LogP contribution < -0.4 is 10.2 Å². The van der Waals surface area contributed by atoms with Crippen molar-refractivity contribution in [1.82, 2.24) is 20.4 Å². The summed E-state index contributed by atoms with van der Waals surface area (Å²) >= 11 is 0. The number of ether oxygens (including phenoxy) is 1. The zero-order valence-electron chi connectivity index (χ0n) is 14.7. The van der Waals surface area contributed by atoms with Gasteiger partial charge in [-0.15, -0.1) is 0 Å². The lowest BCUT2D eigenvalue weighted by Gasteiger charge is -2.26. The molecule has 1 aliphatic rings. The highest BCUT2D eigenvalue weighted by atomic mass is 16.5. The highest BCUT2D eigenvalue weighted by Gasteiger charge is 2.16. The molecule has 0 saturated carbocycles. The number of aromatic nitrogens is 3. The van der Waals surface area contributed by atoms with Gasteiger partial charge in [-0.1, -0.05) is 35.5 Å². The average molecular weight is 365 g/mol. The molecule has 1 fully saturated rings. The first-order valence-corrected chi connectivity index (χ1v) is 8.74. The third-order valence-corrected chi connectivity index (χ3v) is 4.23.